The Labute approximate surface area is 80.7 Å². The lowest BCUT2D eigenvalue weighted by atomic mass is 10.4. The zero-order valence-corrected chi connectivity index (χ0v) is 9.47. The molecule has 70 valence electrons. The first-order valence-corrected chi connectivity index (χ1v) is 7.55. The van der Waals surface area contributed by atoms with Gasteiger partial charge in [-0.2, -0.15) is 0 Å². The average Bonchev–Trinajstić information content (AvgIpc) is 1.99. The quantitative estimate of drug-likeness (QED) is 0.358. The SMILES string of the molecule is C#C[C@H](C)OC(=O)C#C[Si](C)(C)C. The summed E-state index contributed by atoms with van der Waals surface area (Å²) in [6.07, 6.45) is 4.54. The molecule has 0 aliphatic heterocycles. The van der Waals surface area contributed by atoms with E-state index in [2.05, 4.69) is 37.0 Å². The zero-order chi connectivity index (χ0) is 10.5. The molecule has 0 aliphatic carbocycles. The van der Waals surface area contributed by atoms with E-state index in [9.17, 15) is 4.79 Å². The molecule has 1 atom stereocenters. The topological polar surface area (TPSA) is 26.3 Å². The Morgan fingerprint density at radius 1 is 1.46 bits per heavy atom. The van der Waals surface area contributed by atoms with E-state index >= 15 is 0 Å². The van der Waals surface area contributed by atoms with E-state index in [1.165, 1.54) is 0 Å². The van der Waals surface area contributed by atoms with Gasteiger partial charge in [0.05, 0.1) is 0 Å². The van der Waals surface area contributed by atoms with Crippen LogP contribution in [0.5, 0.6) is 0 Å². The molecular formula is C10H14O2Si. The largest absolute Gasteiger partial charge is 0.440 e. The van der Waals surface area contributed by atoms with Crippen LogP contribution in [0.25, 0.3) is 0 Å². The number of hydrogen-bond donors (Lipinski definition) is 0. The monoisotopic (exact) mass is 194 g/mol. The molecule has 0 radical (unpaired) electrons. The van der Waals surface area contributed by atoms with Crippen LogP contribution in [0, 0.1) is 23.8 Å². The molecule has 0 fully saturated rings. The molecule has 0 rings (SSSR count). The maximum atomic E-state index is 11.0. The van der Waals surface area contributed by atoms with E-state index in [-0.39, 0.29) is 0 Å². The first kappa shape index (κ1) is 11.8. The van der Waals surface area contributed by atoms with E-state index in [1.54, 1.807) is 6.92 Å². The smallest absolute Gasteiger partial charge is 0.384 e. The fourth-order valence-electron chi connectivity index (χ4n) is 0.463. The second kappa shape index (κ2) is 4.74. The van der Waals surface area contributed by atoms with Crippen LogP contribution >= 0.6 is 0 Å². The van der Waals surface area contributed by atoms with Gasteiger partial charge in [-0.25, -0.2) is 4.79 Å². The molecule has 0 saturated heterocycles. The molecule has 0 bridgehead atoms. The minimum Gasteiger partial charge on any atom is -0.440 e. The van der Waals surface area contributed by atoms with Crippen molar-refractivity contribution in [3.63, 3.8) is 0 Å². The summed E-state index contributed by atoms with van der Waals surface area (Å²) >= 11 is 0. The van der Waals surface area contributed by atoms with E-state index in [4.69, 9.17) is 11.2 Å². The molecule has 13 heavy (non-hydrogen) atoms. The predicted octanol–water partition coefficient (Wildman–Crippen LogP) is 1.43. The van der Waals surface area contributed by atoms with Gasteiger partial charge in [0, 0.05) is 5.92 Å². The number of terminal acetylenes is 1. The third kappa shape index (κ3) is 7.18. The molecule has 0 saturated carbocycles. The Bertz CT molecular complexity index is 283. The average molecular weight is 194 g/mol. The maximum absolute atomic E-state index is 11.0. The minimum atomic E-state index is -1.49. The van der Waals surface area contributed by atoms with Crippen molar-refractivity contribution in [1.29, 1.82) is 0 Å². The van der Waals surface area contributed by atoms with Gasteiger partial charge in [0.25, 0.3) is 0 Å². The van der Waals surface area contributed by atoms with Crippen molar-refractivity contribution in [3.05, 3.63) is 0 Å². The van der Waals surface area contributed by atoms with Crippen LogP contribution in [-0.2, 0) is 9.53 Å². The number of hydrogen-bond acceptors (Lipinski definition) is 2. The lowest BCUT2D eigenvalue weighted by Gasteiger charge is -2.04. The highest BCUT2D eigenvalue weighted by Crippen LogP contribution is 1.96. The third-order valence-corrected chi connectivity index (χ3v) is 1.93. The summed E-state index contributed by atoms with van der Waals surface area (Å²) in [4.78, 5) is 11.0. The van der Waals surface area contributed by atoms with Crippen molar-refractivity contribution in [3.8, 4) is 23.8 Å². The highest BCUT2D eigenvalue weighted by molar-refractivity contribution is 6.84. The molecule has 0 aromatic heterocycles. The minimum absolute atomic E-state index is 0.497. The van der Waals surface area contributed by atoms with Crippen LogP contribution in [0.15, 0.2) is 0 Å². The van der Waals surface area contributed by atoms with E-state index in [0.29, 0.717) is 0 Å². The number of carbonyl (C=O) groups is 1. The second-order valence-corrected chi connectivity index (χ2v) is 8.46. The van der Waals surface area contributed by atoms with Gasteiger partial charge in [0.2, 0.25) is 0 Å². The molecule has 0 spiro atoms. The van der Waals surface area contributed by atoms with Crippen molar-refractivity contribution >= 4 is 14.0 Å². The lowest BCUT2D eigenvalue weighted by Crippen LogP contribution is -2.18. The van der Waals surface area contributed by atoms with Gasteiger partial charge in [-0.1, -0.05) is 25.6 Å². The molecule has 0 aromatic carbocycles. The Morgan fingerprint density at radius 3 is 2.38 bits per heavy atom. The summed E-state index contributed by atoms with van der Waals surface area (Å²) in [6.45, 7) is 7.79. The van der Waals surface area contributed by atoms with Gasteiger partial charge >= 0.3 is 5.97 Å². The summed E-state index contributed by atoms with van der Waals surface area (Å²) in [7, 11) is -1.49. The Hall–Kier alpha value is -1.19. The first-order valence-electron chi connectivity index (χ1n) is 4.05. The number of rotatable bonds is 1. The standard InChI is InChI=1S/C10H14O2Si/c1-6-9(2)12-10(11)7-8-13(3,4)5/h1,9H,2-5H3/t9-/m0/s1. The van der Waals surface area contributed by atoms with E-state index < -0.39 is 20.1 Å². The molecule has 0 aliphatic rings. The van der Waals surface area contributed by atoms with Crippen molar-refractivity contribution in [1.82, 2.24) is 0 Å². The highest BCUT2D eigenvalue weighted by atomic mass is 28.3. The number of carbonyl (C=O) groups excluding carboxylic acids is 1. The third-order valence-electron chi connectivity index (χ3n) is 1.06. The summed E-state index contributed by atoms with van der Waals surface area (Å²) in [5, 5.41) is 0. The molecule has 0 N–H and O–H groups in total. The molecule has 3 heteroatoms. The van der Waals surface area contributed by atoms with Crippen LogP contribution in [0.4, 0.5) is 0 Å². The molecule has 0 amide bonds. The van der Waals surface area contributed by atoms with Gasteiger partial charge < -0.3 is 4.74 Å². The highest BCUT2D eigenvalue weighted by Gasteiger charge is 2.09. The van der Waals surface area contributed by atoms with Gasteiger partial charge in [0.15, 0.2) is 6.10 Å². The van der Waals surface area contributed by atoms with Crippen molar-refractivity contribution in [2.24, 2.45) is 0 Å². The summed E-state index contributed by atoms with van der Waals surface area (Å²) in [5.74, 6) is 4.20. The van der Waals surface area contributed by atoms with Crippen molar-refractivity contribution < 1.29 is 9.53 Å². The number of esters is 1. The predicted molar refractivity (Wildman–Crippen MR) is 55.5 cm³/mol. The van der Waals surface area contributed by atoms with Crippen LogP contribution in [0.2, 0.25) is 19.6 Å². The lowest BCUT2D eigenvalue weighted by molar-refractivity contribution is -0.138. The Morgan fingerprint density at radius 2 is 2.00 bits per heavy atom. The molecule has 0 aromatic rings. The fourth-order valence-corrected chi connectivity index (χ4v) is 0.940. The van der Waals surface area contributed by atoms with Gasteiger partial charge in [0.1, 0.15) is 8.07 Å². The van der Waals surface area contributed by atoms with E-state index in [1.807, 2.05) is 0 Å². The number of ether oxygens (including phenoxy) is 1. The van der Waals surface area contributed by atoms with Crippen LogP contribution in [0.1, 0.15) is 6.92 Å². The Kier molecular flexibility index (Phi) is 4.31. The summed E-state index contributed by atoms with van der Waals surface area (Å²) in [6, 6.07) is 0. The normalized spacial score (nSPS) is 11.9. The van der Waals surface area contributed by atoms with Crippen LogP contribution in [-0.4, -0.2) is 20.1 Å². The van der Waals surface area contributed by atoms with Gasteiger partial charge in [-0.15, -0.1) is 12.0 Å². The summed E-state index contributed by atoms with van der Waals surface area (Å²) in [5.41, 5.74) is 2.90. The second-order valence-electron chi connectivity index (χ2n) is 3.71. The maximum Gasteiger partial charge on any atom is 0.384 e. The van der Waals surface area contributed by atoms with Crippen molar-refractivity contribution in [2.45, 2.75) is 32.7 Å². The molecular weight excluding hydrogens is 180 g/mol. The van der Waals surface area contributed by atoms with Crippen LogP contribution in [0.3, 0.4) is 0 Å². The Balaban J connectivity index is 4.16. The molecule has 2 nitrogen and oxygen atoms in total. The molecule has 0 unspecified atom stereocenters. The van der Waals surface area contributed by atoms with Gasteiger partial charge in [-0.05, 0) is 6.92 Å². The fraction of sp³-hybridized carbons (Fsp3) is 0.500. The summed E-state index contributed by atoms with van der Waals surface area (Å²) < 4.78 is 4.77. The molecule has 0 heterocycles. The van der Waals surface area contributed by atoms with E-state index in [0.717, 1.165) is 0 Å². The zero-order valence-electron chi connectivity index (χ0n) is 8.47. The van der Waals surface area contributed by atoms with Gasteiger partial charge in [-0.3, -0.25) is 0 Å². The first-order chi connectivity index (χ1) is 5.85. The van der Waals surface area contributed by atoms with Crippen molar-refractivity contribution in [2.75, 3.05) is 0 Å². The van der Waals surface area contributed by atoms with Crippen LogP contribution < -0.4 is 0 Å².